The second kappa shape index (κ2) is 9.56. The lowest BCUT2D eigenvalue weighted by Crippen LogP contribution is -2.23. The molecule has 0 aliphatic heterocycles. The lowest BCUT2D eigenvalue weighted by molar-refractivity contribution is -0.116. The van der Waals surface area contributed by atoms with Crippen LogP contribution in [0.25, 0.3) is 22.4 Å². The molecule has 4 aromatic rings. The molecule has 33 heavy (non-hydrogen) atoms. The highest BCUT2D eigenvalue weighted by Crippen LogP contribution is 2.26. The first-order valence-electron chi connectivity index (χ1n) is 10.5. The highest BCUT2D eigenvalue weighted by atomic mass is 16.5. The van der Waals surface area contributed by atoms with Crippen LogP contribution in [0.2, 0.25) is 0 Å². The number of aryl methyl sites for hydroxylation is 2. The van der Waals surface area contributed by atoms with Crippen LogP contribution in [0.4, 0.5) is 5.69 Å². The lowest BCUT2D eigenvalue weighted by atomic mass is 10.1. The van der Waals surface area contributed by atoms with E-state index in [2.05, 4.69) is 22.4 Å². The molecule has 9 nitrogen and oxygen atoms in total. The van der Waals surface area contributed by atoms with Crippen LogP contribution in [0.15, 0.2) is 58.1 Å². The third kappa shape index (κ3) is 4.72. The Balaban J connectivity index is 1.49. The van der Waals surface area contributed by atoms with Crippen LogP contribution in [0.5, 0.6) is 11.5 Å². The maximum atomic E-state index is 12.8. The molecule has 0 atom stereocenters. The summed E-state index contributed by atoms with van der Waals surface area (Å²) in [4.78, 5) is 29.6. The number of benzene rings is 2. The molecule has 0 bridgehead atoms. The van der Waals surface area contributed by atoms with Crippen molar-refractivity contribution in [3.05, 3.63) is 64.7 Å². The number of hydrogen-bond acceptors (Lipinski definition) is 7. The van der Waals surface area contributed by atoms with Gasteiger partial charge in [-0.25, -0.2) is 4.98 Å². The lowest BCUT2D eigenvalue weighted by Gasteiger charge is -2.10. The van der Waals surface area contributed by atoms with Crippen LogP contribution in [-0.2, 0) is 17.8 Å². The van der Waals surface area contributed by atoms with Gasteiger partial charge in [0.15, 0.2) is 0 Å². The minimum Gasteiger partial charge on any atom is -0.497 e. The van der Waals surface area contributed by atoms with Crippen LogP contribution in [0, 0.1) is 0 Å². The van der Waals surface area contributed by atoms with E-state index in [0.717, 1.165) is 12.0 Å². The number of ether oxygens (including phenoxy) is 2. The van der Waals surface area contributed by atoms with Crippen molar-refractivity contribution in [2.75, 3.05) is 19.5 Å². The van der Waals surface area contributed by atoms with Gasteiger partial charge in [-0.15, -0.1) is 0 Å². The fourth-order valence-electron chi connectivity index (χ4n) is 3.43. The molecule has 2 heterocycles. The van der Waals surface area contributed by atoms with Crippen molar-refractivity contribution >= 4 is 22.7 Å². The molecule has 9 heteroatoms. The fourth-order valence-corrected chi connectivity index (χ4v) is 3.43. The predicted molar refractivity (Wildman–Crippen MR) is 124 cm³/mol. The minimum atomic E-state index is -0.389. The quantitative estimate of drug-likeness (QED) is 0.438. The molecule has 2 aromatic heterocycles. The van der Waals surface area contributed by atoms with Gasteiger partial charge in [0.05, 0.1) is 20.5 Å². The number of amides is 1. The Kier molecular flexibility index (Phi) is 6.39. The second-order valence-electron chi connectivity index (χ2n) is 7.40. The number of nitrogens with zero attached hydrogens (tertiary/aromatic N) is 3. The molecule has 2 aromatic carbocycles. The first-order valence-corrected chi connectivity index (χ1v) is 10.5. The molecule has 0 saturated carbocycles. The smallest absolute Gasteiger partial charge is 0.299 e. The average Bonchev–Trinajstić information content (AvgIpc) is 3.28. The number of anilines is 1. The van der Waals surface area contributed by atoms with Gasteiger partial charge in [0.2, 0.25) is 5.91 Å². The zero-order valence-electron chi connectivity index (χ0n) is 18.6. The molecule has 170 valence electrons. The van der Waals surface area contributed by atoms with Crippen molar-refractivity contribution in [1.82, 2.24) is 14.7 Å². The maximum Gasteiger partial charge on any atom is 0.299 e. The second-order valence-corrected chi connectivity index (χ2v) is 7.40. The summed E-state index contributed by atoms with van der Waals surface area (Å²) in [6.07, 6.45) is 2.40. The van der Waals surface area contributed by atoms with Crippen molar-refractivity contribution in [3.63, 3.8) is 0 Å². The first-order chi connectivity index (χ1) is 16.0. The molecule has 0 unspecified atom stereocenters. The first kappa shape index (κ1) is 22.1. The summed E-state index contributed by atoms with van der Waals surface area (Å²) in [5, 5.41) is 6.84. The number of aromatic nitrogens is 3. The number of nitrogens with one attached hydrogen (secondary N) is 1. The monoisotopic (exact) mass is 448 g/mol. The maximum absolute atomic E-state index is 12.8. The van der Waals surface area contributed by atoms with E-state index in [0.29, 0.717) is 28.4 Å². The van der Waals surface area contributed by atoms with E-state index >= 15 is 0 Å². The molecule has 0 saturated heterocycles. The molecule has 1 N–H and O–H groups in total. The van der Waals surface area contributed by atoms with Gasteiger partial charge >= 0.3 is 0 Å². The molecule has 4 rings (SSSR count). The van der Waals surface area contributed by atoms with Crippen molar-refractivity contribution in [1.29, 1.82) is 0 Å². The van der Waals surface area contributed by atoms with E-state index in [4.69, 9.17) is 14.0 Å². The third-order valence-corrected chi connectivity index (χ3v) is 5.30. The van der Waals surface area contributed by atoms with Crippen molar-refractivity contribution in [3.8, 4) is 22.8 Å². The summed E-state index contributed by atoms with van der Waals surface area (Å²) in [5.41, 5.74) is 3.14. The third-order valence-electron chi connectivity index (χ3n) is 5.30. The number of hydrogen-bond donors (Lipinski definition) is 1. The van der Waals surface area contributed by atoms with Crippen LogP contribution < -0.4 is 20.3 Å². The molecule has 0 fully saturated rings. The van der Waals surface area contributed by atoms with Crippen molar-refractivity contribution in [2.45, 2.75) is 26.3 Å². The van der Waals surface area contributed by atoms with Gasteiger partial charge in [0.1, 0.15) is 22.7 Å². The number of rotatable bonds is 8. The number of carbonyl (C=O) groups is 1. The van der Waals surface area contributed by atoms with Gasteiger partial charge in [-0.2, -0.15) is 0 Å². The number of fused-ring (bicyclic) bond motifs is 1. The van der Waals surface area contributed by atoms with Crippen molar-refractivity contribution in [2.24, 2.45) is 0 Å². The fraction of sp³-hybridized carbons (Fsp3) is 0.250. The predicted octanol–water partition coefficient (Wildman–Crippen LogP) is 3.66. The summed E-state index contributed by atoms with van der Waals surface area (Å²) in [7, 11) is 3.07. The number of carbonyl (C=O) groups excluding carboxylic acids is 1. The molecule has 0 aliphatic carbocycles. The van der Waals surface area contributed by atoms with Gasteiger partial charge in [0.25, 0.3) is 11.1 Å². The Labute approximate surface area is 189 Å². The highest BCUT2D eigenvalue weighted by Gasteiger charge is 2.17. The van der Waals surface area contributed by atoms with Crippen LogP contribution >= 0.6 is 0 Å². The SMILES string of the molecule is CCc1ccc(-c2noc3c(=O)n(CCC(=O)Nc4cc(OC)cc(OC)c4)cnc23)cc1. The normalized spacial score (nSPS) is 10.9. The Morgan fingerprint density at radius 1 is 1.09 bits per heavy atom. The van der Waals surface area contributed by atoms with Gasteiger partial charge in [-0.1, -0.05) is 36.3 Å². The molecular weight excluding hydrogens is 424 g/mol. The molecular formula is C24H24N4O5. The molecule has 0 radical (unpaired) electrons. The van der Waals surface area contributed by atoms with Crippen LogP contribution in [0.3, 0.4) is 0 Å². The van der Waals surface area contributed by atoms with E-state index in [1.165, 1.54) is 30.7 Å². The van der Waals surface area contributed by atoms with Gasteiger partial charge < -0.3 is 19.3 Å². The van der Waals surface area contributed by atoms with Crippen LogP contribution in [-0.4, -0.2) is 34.8 Å². The Morgan fingerprint density at radius 2 is 1.79 bits per heavy atom. The van der Waals surface area contributed by atoms with Crippen LogP contribution in [0.1, 0.15) is 18.9 Å². The molecule has 0 spiro atoms. The summed E-state index contributed by atoms with van der Waals surface area (Å²) in [6, 6.07) is 13.0. The standard InChI is InChI=1S/C24H24N4O5/c1-4-15-5-7-16(8-6-15)21-22-23(33-27-21)24(30)28(14-25-22)10-9-20(29)26-17-11-18(31-2)13-19(12-17)32-3/h5-8,11-14H,4,9-10H2,1-3H3,(H,26,29). The topological polar surface area (TPSA) is 108 Å². The van der Waals surface area contributed by atoms with Crippen molar-refractivity contribution < 1.29 is 18.8 Å². The number of methoxy groups -OCH3 is 2. The Bertz CT molecular complexity index is 1320. The highest BCUT2D eigenvalue weighted by molar-refractivity contribution is 5.91. The van der Waals surface area contributed by atoms with E-state index in [1.807, 2.05) is 24.3 Å². The largest absolute Gasteiger partial charge is 0.497 e. The Hall–Kier alpha value is -4.14. The van der Waals surface area contributed by atoms with E-state index < -0.39 is 0 Å². The molecule has 1 amide bonds. The van der Waals surface area contributed by atoms with E-state index in [9.17, 15) is 9.59 Å². The summed E-state index contributed by atoms with van der Waals surface area (Å²) in [6.45, 7) is 2.22. The van der Waals surface area contributed by atoms with Gasteiger partial charge in [-0.3, -0.25) is 14.2 Å². The van der Waals surface area contributed by atoms with E-state index in [-0.39, 0.29) is 30.0 Å². The minimum absolute atomic E-state index is 0.0602. The summed E-state index contributed by atoms with van der Waals surface area (Å²) >= 11 is 0. The summed E-state index contributed by atoms with van der Waals surface area (Å²) < 4.78 is 17.1. The Morgan fingerprint density at radius 3 is 2.42 bits per heavy atom. The zero-order chi connectivity index (χ0) is 23.4. The zero-order valence-corrected chi connectivity index (χ0v) is 18.6. The summed E-state index contributed by atoms with van der Waals surface area (Å²) in [5.74, 6) is 0.841. The molecule has 0 aliphatic rings. The van der Waals surface area contributed by atoms with E-state index in [1.54, 1.807) is 18.2 Å². The van der Waals surface area contributed by atoms with Gasteiger partial charge in [-0.05, 0) is 12.0 Å². The average molecular weight is 448 g/mol. The van der Waals surface area contributed by atoms with Gasteiger partial charge in [0, 0.05) is 42.4 Å².